The first kappa shape index (κ1) is 13.1. The average molecular weight is 275 g/mol. The summed E-state index contributed by atoms with van der Waals surface area (Å²) in [5.41, 5.74) is 6.52. The molecule has 20 heavy (non-hydrogen) atoms. The third-order valence-electron chi connectivity index (χ3n) is 4.20. The van der Waals surface area contributed by atoms with E-state index >= 15 is 0 Å². The van der Waals surface area contributed by atoms with Crippen molar-refractivity contribution in [1.29, 1.82) is 0 Å². The number of nitrogens with two attached hydrogens (primary N) is 1. The van der Waals surface area contributed by atoms with Gasteiger partial charge in [0.1, 0.15) is 5.82 Å². The van der Waals surface area contributed by atoms with E-state index < -0.39 is 0 Å². The molecular formula is C14H21N5O. The molecule has 2 fully saturated rings. The topological polar surface area (TPSA) is 75.3 Å². The number of piperazine rings is 1. The summed E-state index contributed by atoms with van der Waals surface area (Å²) in [6, 6.07) is 2.34. The first-order chi connectivity index (χ1) is 9.63. The lowest BCUT2D eigenvalue weighted by molar-refractivity contribution is -0.133. The lowest BCUT2D eigenvalue weighted by Gasteiger charge is -2.38. The van der Waals surface area contributed by atoms with Crippen molar-refractivity contribution in [2.24, 2.45) is 0 Å². The van der Waals surface area contributed by atoms with Crippen LogP contribution in [0, 0.1) is 6.92 Å². The van der Waals surface area contributed by atoms with E-state index in [1.165, 1.54) is 12.8 Å². The number of hydrogen-bond donors (Lipinski definition) is 1. The first-order valence-electron chi connectivity index (χ1n) is 7.29. The quantitative estimate of drug-likeness (QED) is 0.870. The predicted octanol–water partition coefficient (Wildman–Crippen LogP) is 0.958. The average Bonchev–Trinajstić information content (AvgIpc) is 2.91. The summed E-state index contributed by atoms with van der Waals surface area (Å²) in [5, 5.41) is 0. The summed E-state index contributed by atoms with van der Waals surface area (Å²) < 4.78 is 0. The molecule has 2 N–H and O–H groups in total. The molecule has 2 heterocycles. The van der Waals surface area contributed by atoms with Crippen LogP contribution in [0.25, 0.3) is 0 Å². The van der Waals surface area contributed by atoms with Gasteiger partial charge < -0.3 is 15.5 Å². The lowest BCUT2D eigenvalue weighted by atomic mass is 10.1. The Balaban J connectivity index is 1.71. The molecule has 6 nitrogen and oxygen atoms in total. The molecule has 0 aromatic carbocycles. The monoisotopic (exact) mass is 275 g/mol. The maximum atomic E-state index is 12.3. The Bertz CT molecular complexity index is 492. The normalized spacial score (nSPS) is 20.8. The van der Waals surface area contributed by atoms with Gasteiger partial charge in [0.2, 0.25) is 11.9 Å². The summed E-state index contributed by atoms with van der Waals surface area (Å²) in [7, 11) is 0. The minimum atomic E-state index is 0.206. The van der Waals surface area contributed by atoms with Crippen LogP contribution in [0.1, 0.15) is 31.4 Å². The molecule has 1 aromatic heterocycles. The van der Waals surface area contributed by atoms with E-state index in [4.69, 9.17) is 5.73 Å². The number of anilines is 2. The Kier molecular flexibility index (Phi) is 3.46. The standard InChI is InChI=1S/C14H21N5O/c1-10-8-12(17-14(15)16-10)18-6-7-19(13(20)9-18)11-4-2-3-5-11/h8,11H,2-7,9H2,1H3,(H2,15,16,17). The number of rotatable bonds is 2. The van der Waals surface area contributed by atoms with Gasteiger partial charge in [0.05, 0.1) is 6.54 Å². The van der Waals surface area contributed by atoms with E-state index in [-0.39, 0.29) is 11.9 Å². The number of amides is 1. The number of aryl methyl sites for hydroxylation is 1. The Labute approximate surface area is 119 Å². The zero-order chi connectivity index (χ0) is 14.1. The zero-order valence-electron chi connectivity index (χ0n) is 11.9. The van der Waals surface area contributed by atoms with Crippen LogP contribution in [0.5, 0.6) is 0 Å². The minimum absolute atomic E-state index is 0.206. The fourth-order valence-corrected chi connectivity index (χ4v) is 3.22. The summed E-state index contributed by atoms with van der Waals surface area (Å²) in [4.78, 5) is 24.7. The van der Waals surface area contributed by atoms with Gasteiger partial charge >= 0.3 is 0 Å². The van der Waals surface area contributed by atoms with Crippen molar-refractivity contribution in [3.05, 3.63) is 11.8 Å². The van der Waals surface area contributed by atoms with Gasteiger partial charge in [0.15, 0.2) is 0 Å². The molecular weight excluding hydrogens is 254 g/mol. The second kappa shape index (κ2) is 5.26. The van der Waals surface area contributed by atoms with Crippen LogP contribution in [-0.4, -0.2) is 46.5 Å². The maximum absolute atomic E-state index is 12.3. The van der Waals surface area contributed by atoms with Crippen molar-refractivity contribution >= 4 is 17.7 Å². The summed E-state index contributed by atoms with van der Waals surface area (Å²) in [5.74, 6) is 1.23. The van der Waals surface area contributed by atoms with E-state index in [0.29, 0.717) is 12.6 Å². The molecule has 0 spiro atoms. The number of nitrogens with zero attached hydrogens (tertiary/aromatic N) is 4. The van der Waals surface area contributed by atoms with Gasteiger partial charge in [-0.3, -0.25) is 4.79 Å². The van der Waals surface area contributed by atoms with E-state index in [2.05, 4.69) is 14.9 Å². The van der Waals surface area contributed by atoms with Gasteiger partial charge in [-0.15, -0.1) is 0 Å². The van der Waals surface area contributed by atoms with Crippen LogP contribution in [0.3, 0.4) is 0 Å². The molecule has 108 valence electrons. The van der Waals surface area contributed by atoms with Crippen LogP contribution in [0.2, 0.25) is 0 Å². The zero-order valence-corrected chi connectivity index (χ0v) is 11.9. The molecule has 1 aromatic rings. The van der Waals surface area contributed by atoms with Crippen LogP contribution in [0.4, 0.5) is 11.8 Å². The molecule has 6 heteroatoms. The summed E-state index contributed by atoms with van der Waals surface area (Å²) in [6.45, 7) is 3.88. The van der Waals surface area contributed by atoms with Crippen molar-refractivity contribution < 1.29 is 4.79 Å². The first-order valence-corrected chi connectivity index (χ1v) is 7.29. The van der Waals surface area contributed by atoms with E-state index in [9.17, 15) is 4.79 Å². The molecule has 0 unspecified atom stereocenters. The SMILES string of the molecule is Cc1cc(N2CCN(C3CCCC3)C(=O)C2)nc(N)n1. The molecule has 1 saturated carbocycles. The third-order valence-corrected chi connectivity index (χ3v) is 4.20. The van der Waals surface area contributed by atoms with Crippen LogP contribution in [0.15, 0.2) is 6.07 Å². The van der Waals surface area contributed by atoms with Gasteiger partial charge in [-0.05, 0) is 19.8 Å². The number of aromatic nitrogens is 2. The van der Waals surface area contributed by atoms with Gasteiger partial charge in [0, 0.05) is 30.9 Å². The Morgan fingerprint density at radius 3 is 2.65 bits per heavy atom. The Morgan fingerprint density at radius 2 is 2.00 bits per heavy atom. The van der Waals surface area contributed by atoms with Crippen LogP contribution < -0.4 is 10.6 Å². The molecule has 0 bridgehead atoms. The highest BCUT2D eigenvalue weighted by Crippen LogP contribution is 2.26. The fourth-order valence-electron chi connectivity index (χ4n) is 3.22. The van der Waals surface area contributed by atoms with Crippen LogP contribution in [-0.2, 0) is 4.79 Å². The van der Waals surface area contributed by atoms with Gasteiger partial charge in [-0.25, -0.2) is 4.98 Å². The van der Waals surface area contributed by atoms with Crippen molar-refractivity contribution in [3.63, 3.8) is 0 Å². The molecule has 1 aliphatic heterocycles. The third kappa shape index (κ3) is 2.55. The molecule has 0 radical (unpaired) electrons. The number of carbonyl (C=O) groups is 1. The highest BCUT2D eigenvalue weighted by atomic mass is 16.2. The van der Waals surface area contributed by atoms with E-state index in [1.807, 2.05) is 17.9 Å². The second-order valence-electron chi connectivity index (χ2n) is 5.67. The Hall–Kier alpha value is -1.85. The van der Waals surface area contributed by atoms with E-state index in [1.54, 1.807) is 0 Å². The Morgan fingerprint density at radius 1 is 1.25 bits per heavy atom. The van der Waals surface area contributed by atoms with Crippen LogP contribution >= 0.6 is 0 Å². The lowest BCUT2D eigenvalue weighted by Crippen LogP contribution is -2.53. The number of nitrogen functional groups attached to an aromatic ring is 1. The van der Waals surface area contributed by atoms with Crippen molar-refractivity contribution in [2.75, 3.05) is 30.3 Å². The smallest absolute Gasteiger partial charge is 0.242 e. The molecule has 1 aliphatic carbocycles. The van der Waals surface area contributed by atoms with Gasteiger partial charge in [0.25, 0.3) is 0 Å². The number of hydrogen-bond acceptors (Lipinski definition) is 5. The highest BCUT2D eigenvalue weighted by Gasteiger charge is 2.31. The second-order valence-corrected chi connectivity index (χ2v) is 5.67. The van der Waals surface area contributed by atoms with Crippen molar-refractivity contribution in [3.8, 4) is 0 Å². The molecule has 2 aliphatic rings. The van der Waals surface area contributed by atoms with E-state index in [0.717, 1.165) is 37.4 Å². The molecule has 1 amide bonds. The van der Waals surface area contributed by atoms with Crippen molar-refractivity contribution in [2.45, 2.75) is 38.6 Å². The molecule has 1 saturated heterocycles. The highest BCUT2D eigenvalue weighted by molar-refractivity contribution is 5.82. The largest absolute Gasteiger partial charge is 0.368 e. The van der Waals surface area contributed by atoms with Gasteiger partial charge in [-0.2, -0.15) is 4.98 Å². The summed E-state index contributed by atoms with van der Waals surface area (Å²) >= 11 is 0. The molecule has 3 rings (SSSR count). The predicted molar refractivity (Wildman–Crippen MR) is 77.4 cm³/mol. The molecule has 0 atom stereocenters. The maximum Gasteiger partial charge on any atom is 0.242 e. The van der Waals surface area contributed by atoms with Crippen molar-refractivity contribution in [1.82, 2.24) is 14.9 Å². The fraction of sp³-hybridized carbons (Fsp3) is 0.643. The number of carbonyl (C=O) groups excluding carboxylic acids is 1. The van der Waals surface area contributed by atoms with Gasteiger partial charge in [-0.1, -0.05) is 12.8 Å². The summed E-state index contributed by atoms with van der Waals surface area (Å²) in [6.07, 6.45) is 4.82. The minimum Gasteiger partial charge on any atom is -0.368 e.